The second kappa shape index (κ2) is 12.7. The fourth-order valence-electron chi connectivity index (χ4n) is 2.26. The van der Waals surface area contributed by atoms with Crippen molar-refractivity contribution in [2.75, 3.05) is 20.3 Å². The molecule has 0 heterocycles. The van der Waals surface area contributed by atoms with Gasteiger partial charge in [0.15, 0.2) is 0 Å². The van der Waals surface area contributed by atoms with Gasteiger partial charge in [-0.25, -0.2) is 23.9 Å². The van der Waals surface area contributed by atoms with Crippen molar-refractivity contribution in [3.63, 3.8) is 0 Å². The van der Waals surface area contributed by atoms with Crippen molar-refractivity contribution in [3.8, 4) is 0 Å². The predicted octanol–water partition coefficient (Wildman–Crippen LogP) is 3.56. The number of esters is 1. The van der Waals surface area contributed by atoms with Crippen LogP contribution in [0.15, 0.2) is 24.3 Å². The van der Waals surface area contributed by atoms with Gasteiger partial charge < -0.3 is 14.8 Å². The number of alkyl carbamates (subject to hydrolysis) is 1. The third-order valence-corrected chi connectivity index (χ3v) is 4.93. The highest BCUT2D eigenvalue weighted by atomic mass is 31.2. The highest BCUT2D eigenvalue weighted by Gasteiger charge is 2.39. The van der Waals surface area contributed by atoms with Crippen LogP contribution in [0.2, 0.25) is 0 Å². The molecule has 0 spiro atoms. The number of nitrogens with one attached hydrogen (secondary N) is 1. The van der Waals surface area contributed by atoms with Crippen LogP contribution in [0.3, 0.4) is 0 Å². The second-order valence-electron chi connectivity index (χ2n) is 7.04. The molecule has 0 aliphatic carbocycles. The van der Waals surface area contributed by atoms with E-state index in [1.807, 2.05) is 0 Å². The van der Waals surface area contributed by atoms with Crippen LogP contribution >= 0.6 is 7.60 Å². The second-order valence-corrected chi connectivity index (χ2v) is 8.73. The minimum Gasteiger partial charge on any atom is -0.467 e. The number of amides is 1. The zero-order valence-electron chi connectivity index (χ0n) is 19.7. The summed E-state index contributed by atoms with van der Waals surface area (Å²) in [5, 5.41) is 2.41. The van der Waals surface area contributed by atoms with Gasteiger partial charge in [-0.3, -0.25) is 4.79 Å². The van der Waals surface area contributed by atoms with Gasteiger partial charge >= 0.3 is 19.7 Å². The van der Waals surface area contributed by atoms with Crippen molar-refractivity contribution < 1.29 is 48.9 Å². The SMILES string of the molecule is [2H]CC(C)(C)OC(=O)N[C@@H](Cc1ccc(C(=O)P(=O)(OOCC)OOCC)cc1)C(=O)OC. The number of rotatable bonds is 12. The Morgan fingerprint density at radius 3 is 2.12 bits per heavy atom. The lowest BCUT2D eigenvalue weighted by Crippen LogP contribution is -2.45. The molecule has 11 nitrogen and oxygen atoms in total. The third-order valence-electron chi connectivity index (χ3n) is 3.57. The summed E-state index contributed by atoms with van der Waals surface area (Å²) in [6, 6.07) is 4.61. The molecule has 1 aromatic carbocycles. The van der Waals surface area contributed by atoms with Crippen LogP contribution in [-0.2, 0) is 44.4 Å². The first kappa shape index (κ1) is 26.0. The maximum Gasteiger partial charge on any atom is 0.455 e. The molecule has 0 aliphatic heterocycles. The molecule has 1 N–H and O–H groups in total. The number of benzene rings is 1. The number of hydrogen-bond donors (Lipinski definition) is 1. The monoisotopic (exact) mass is 476 g/mol. The van der Waals surface area contributed by atoms with Gasteiger partial charge in [-0.05, 0) is 40.2 Å². The third kappa shape index (κ3) is 9.05. The molecular weight excluding hydrogens is 445 g/mol. The van der Waals surface area contributed by atoms with Gasteiger partial charge in [0, 0.05) is 13.4 Å². The summed E-state index contributed by atoms with van der Waals surface area (Å²) >= 11 is 0. The largest absolute Gasteiger partial charge is 0.467 e. The molecule has 32 heavy (non-hydrogen) atoms. The predicted molar refractivity (Wildman–Crippen MR) is 113 cm³/mol. The van der Waals surface area contributed by atoms with E-state index < -0.39 is 36.8 Å². The molecule has 0 bridgehead atoms. The Balaban J connectivity index is 2.97. The molecular formula is C20H30NO10P. The summed E-state index contributed by atoms with van der Waals surface area (Å²) in [4.78, 5) is 46.1. The molecule has 180 valence electrons. The summed E-state index contributed by atoms with van der Waals surface area (Å²) in [7, 11) is -3.24. The molecule has 1 atom stereocenters. The summed E-state index contributed by atoms with van der Waals surface area (Å²) in [5.41, 5.74) is -1.48. The fourth-order valence-corrected chi connectivity index (χ4v) is 3.37. The average Bonchev–Trinajstić information content (AvgIpc) is 2.80. The molecule has 1 aromatic rings. The molecule has 0 saturated carbocycles. The number of hydrogen-bond acceptors (Lipinski definition) is 10. The molecule has 0 fully saturated rings. The van der Waals surface area contributed by atoms with Crippen molar-refractivity contribution in [3.05, 3.63) is 35.4 Å². The van der Waals surface area contributed by atoms with Crippen LogP contribution in [0.4, 0.5) is 4.79 Å². The highest BCUT2D eigenvalue weighted by molar-refractivity contribution is 7.72. The van der Waals surface area contributed by atoms with Gasteiger partial charge in [0.05, 0.1) is 20.3 Å². The minimum absolute atomic E-state index is 0.0133. The van der Waals surface area contributed by atoms with Crippen LogP contribution in [0, 0.1) is 0 Å². The Labute approximate surface area is 188 Å². The van der Waals surface area contributed by atoms with Gasteiger partial charge in [0.1, 0.15) is 11.6 Å². The van der Waals surface area contributed by atoms with Crippen LogP contribution in [0.5, 0.6) is 0 Å². The van der Waals surface area contributed by atoms with Crippen LogP contribution < -0.4 is 5.32 Å². The lowest BCUT2D eigenvalue weighted by Gasteiger charge is -2.22. The van der Waals surface area contributed by atoms with Crippen molar-refractivity contribution in [2.24, 2.45) is 0 Å². The first-order valence-corrected chi connectivity index (χ1v) is 11.3. The Morgan fingerprint density at radius 2 is 1.66 bits per heavy atom. The van der Waals surface area contributed by atoms with E-state index in [4.69, 9.17) is 10.8 Å². The zero-order chi connectivity index (χ0) is 25.1. The molecule has 1 amide bonds. The van der Waals surface area contributed by atoms with Crippen molar-refractivity contribution >= 4 is 25.2 Å². The van der Waals surface area contributed by atoms with Gasteiger partial charge in [-0.2, -0.15) is 0 Å². The molecule has 12 heteroatoms. The minimum atomic E-state index is -4.42. The summed E-state index contributed by atoms with van der Waals surface area (Å²) < 4.78 is 39.2. The van der Waals surface area contributed by atoms with E-state index in [1.54, 1.807) is 27.7 Å². The lowest BCUT2D eigenvalue weighted by atomic mass is 10.0. The number of ether oxygens (including phenoxy) is 2. The van der Waals surface area contributed by atoms with E-state index in [0.717, 1.165) is 0 Å². The molecule has 0 aliphatic rings. The van der Waals surface area contributed by atoms with Gasteiger partial charge in [0.25, 0.3) is 5.52 Å². The smallest absolute Gasteiger partial charge is 0.455 e. The normalized spacial score (nSPS) is 13.1. The van der Waals surface area contributed by atoms with E-state index in [-0.39, 0.29) is 32.1 Å². The Kier molecular flexibility index (Phi) is 10.3. The van der Waals surface area contributed by atoms with Crippen molar-refractivity contribution in [2.45, 2.75) is 52.7 Å². The maximum atomic E-state index is 12.7. The summed E-state index contributed by atoms with van der Waals surface area (Å²) in [6.07, 6.45) is -0.864. The molecule has 0 radical (unpaired) electrons. The highest BCUT2D eigenvalue weighted by Crippen LogP contribution is 2.51. The van der Waals surface area contributed by atoms with E-state index >= 15 is 0 Å². The topological polar surface area (TPSA) is 136 Å². The Morgan fingerprint density at radius 1 is 1.09 bits per heavy atom. The first-order chi connectivity index (χ1) is 15.5. The van der Waals surface area contributed by atoms with Crippen molar-refractivity contribution in [1.29, 1.82) is 0 Å². The van der Waals surface area contributed by atoms with E-state index in [9.17, 15) is 18.9 Å². The lowest BCUT2D eigenvalue weighted by molar-refractivity contribution is -0.260. The van der Waals surface area contributed by atoms with E-state index in [2.05, 4.69) is 24.4 Å². The van der Waals surface area contributed by atoms with Crippen LogP contribution in [-0.4, -0.2) is 49.6 Å². The Hall–Kier alpha value is -2.30. The maximum absolute atomic E-state index is 12.7. The molecule has 0 aromatic heterocycles. The van der Waals surface area contributed by atoms with Gasteiger partial charge in [-0.15, -0.1) is 9.35 Å². The summed E-state index contributed by atoms with van der Waals surface area (Å²) in [6.45, 7) is 6.14. The van der Waals surface area contributed by atoms with Crippen molar-refractivity contribution in [1.82, 2.24) is 5.32 Å². The molecule has 0 unspecified atom stereocenters. The van der Waals surface area contributed by atoms with Gasteiger partial charge in [-0.1, -0.05) is 24.3 Å². The summed E-state index contributed by atoms with van der Waals surface area (Å²) in [5.74, 6) is -0.712. The molecule has 1 rings (SSSR count). The number of methoxy groups -OCH3 is 1. The Bertz CT molecular complexity index is 834. The fraction of sp³-hybridized carbons (Fsp3) is 0.550. The first-order valence-electron chi connectivity index (χ1n) is 10.5. The van der Waals surface area contributed by atoms with Crippen LogP contribution in [0.25, 0.3) is 0 Å². The van der Waals surface area contributed by atoms with E-state index in [1.165, 1.54) is 31.4 Å². The average molecular weight is 476 g/mol. The van der Waals surface area contributed by atoms with Gasteiger partial charge in [0.2, 0.25) is 0 Å². The molecule has 0 saturated heterocycles. The zero-order valence-corrected chi connectivity index (χ0v) is 19.6. The quantitative estimate of drug-likeness (QED) is 0.206. The number of carbonyl (C=O) groups is 3. The van der Waals surface area contributed by atoms with Crippen LogP contribution in [0.1, 0.15) is 51.9 Å². The standard InChI is InChI=1S/C20H30NO10P/c1-7-27-30-32(25,31-28-8-2)18(23)15-11-9-14(10-12-15)13-16(17(22)26-6)21-19(24)29-20(3,4)5/h9-12,16H,7-8,13H2,1-6H3,(H,21,24)/t16-/m0/s1/i3D. The van der Waals surface area contributed by atoms with E-state index in [0.29, 0.717) is 5.56 Å². The number of carbonyl (C=O) groups excluding carboxylic acids is 3.